The van der Waals surface area contributed by atoms with Crippen LogP contribution in [0.3, 0.4) is 0 Å². The molecule has 0 amide bonds. The van der Waals surface area contributed by atoms with Crippen LogP contribution >= 0.6 is 8.03 Å². The topological polar surface area (TPSA) is 49.3 Å². The van der Waals surface area contributed by atoms with Gasteiger partial charge in [0.1, 0.15) is 0 Å². The lowest BCUT2D eigenvalue weighted by Crippen LogP contribution is -2.02. The Kier molecular flexibility index (Phi) is 10.1. The summed E-state index contributed by atoms with van der Waals surface area (Å²) in [6, 6.07) is 8.57. The van der Waals surface area contributed by atoms with E-state index in [2.05, 4.69) is 36.5 Å². The van der Waals surface area contributed by atoms with Gasteiger partial charge in [-0.3, -0.25) is 0 Å². The van der Waals surface area contributed by atoms with Crippen molar-refractivity contribution in [1.29, 1.82) is 0 Å². The van der Waals surface area contributed by atoms with Crippen LogP contribution in [-0.4, -0.2) is 17.6 Å². The highest BCUT2D eigenvalue weighted by Gasteiger charge is 2.07. The van der Waals surface area contributed by atoms with Crippen molar-refractivity contribution in [2.24, 2.45) is 0 Å². The van der Waals surface area contributed by atoms with Gasteiger partial charge in [0.15, 0.2) is 6.16 Å². The lowest BCUT2D eigenvalue weighted by molar-refractivity contribution is 0.502. The van der Waals surface area contributed by atoms with Gasteiger partial charge in [-0.15, -0.1) is 0 Å². The number of hydrogen-bond donors (Lipinski definition) is 2. The Morgan fingerprint density at radius 2 is 1.67 bits per heavy atom. The maximum absolute atomic E-state index is 10.6. The number of anilines is 1. The fourth-order valence-electron chi connectivity index (χ4n) is 2.35. The third kappa shape index (κ3) is 9.60. The van der Waals surface area contributed by atoms with Gasteiger partial charge in [-0.1, -0.05) is 51.2 Å². The van der Waals surface area contributed by atoms with Crippen LogP contribution in [0.4, 0.5) is 5.69 Å². The number of aryl methyl sites for hydroxylation is 1. The second-order valence-electron chi connectivity index (χ2n) is 5.57. The first-order chi connectivity index (χ1) is 10.2. The second-order valence-corrected chi connectivity index (χ2v) is 6.72. The van der Waals surface area contributed by atoms with E-state index in [1.807, 2.05) is 0 Å². The molecule has 0 heterocycles. The van der Waals surface area contributed by atoms with Gasteiger partial charge in [-0.25, -0.2) is 0 Å². The molecule has 1 atom stereocenters. The van der Waals surface area contributed by atoms with Crippen molar-refractivity contribution in [3.05, 3.63) is 29.8 Å². The van der Waals surface area contributed by atoms with Gasteiger partial charge in [0.05, 0.1) is 0 Å². The van der Waals surface area contributed by atoms with Gasteiger partial charge in [-0.2, -0.15) is 4.89 Å². The minimum absolute atomic E-state index is 0.373. The Hall–Kier alpha value is -0.920. The fourth-order valence-corrected chi connectivity index (χ4v) is 2.77. The fraction of sp³-hybridized carbons (Fsp3) is 0.647. The van der Waals surface area contributed by atoms with Gasteiger partial charge in [0, 0.05) is 18.7 Å². The maximum Gasteiger partial charge on any atom is 0.505 e. The summed E-state index contributed by atoms with van der Waals surface area (Å²) in [5.41, 5.74) is 2.49. The van der Waals surface area contributed by atoms with Crippen LogP contribution in [0.5, 0.6) is 0 Å². The highest BCUT2D eigenvalue weighted by atomic mass is 31.1. The Balaban J connectivity index is 2.13. The smallest absolute Gasteiger partial charge is 0.385 e. The average molecular weight is 310 g/mol. The third-order valence-electron chi connectivity index (χ3n) is 3.63. The minimum Gasteiger partial charge on any atom is -0.385 e. The summed E-state index contributed by atoms with van der Waals surface area (Å²) in [5.74, 6) is 0. The van der Waals surface area contributed by atoms with E-state index in [4.69, 9.17) is 4.89 Å². The van der Waals surface area contributed by atoms with Crippen molar-refractivity contribution >= 4 is 13.7 Å². The molecule has 0 bridgehead atoms. The Morgan fingerprint density at radius 3 is 2.33 bits per heavy atom. The van der Waals surface area contributed by atoms with Crippen LogP contribution in [0, 0.1) is 0 Å². The molecule has 0 aliphatic carbocycles. The number of hydrogen-bond acceptors (Lipinski definition) is 2. The molecule has 3 nitrogen and oxygen atoms in total. The van der Waals surface area contributed by atoms with Crippen LogP contribution < -0.4 is 5.32 Å². The Labute approximate surface area is 130 Å². The standard InChI is InChI=1S/C17H28NO2P/c1-2-3-4-5-6-7-9-16-10-12-17(13-11-16)18-14-8-15-21(19)20/h10-13,18H,2-9,14-15H2,1H3/p+1. The minimum atomic E-state index is -1.99. The molecule has 0 aliphatic heterocycles. The largest absolute Gasteiger partial charge is 0.505 e. The SMILES string of the molecule is CCCCCCCCc1ccc(NCCC[P+](=O)O)cc1. The van der Waals surface area contributed by atoms with Gasteiger partial charge in [-0.05, 0) is 35.1 Å². The molecular formula is C17H29NO2P+. The zero-order chi connectivity index (χ0) is 15.3. The van der Waals surface area contributed by atoms with Crippen molar-refractivity contribution in [1.82, 2.24) is 0 Å². The first kappa shape index (κ1) is 18.1. The van der Waals surface area contributed by atoms with Crippen molar-refractivity contribution in [2.75, 3.05) is 18.0 Å². The number of unbranched alkanes of at least 4 members (excludes halogenated alkanes) is 5. The molecule has 0 fully saturated rings. The van der Waals surface area contributed by atoms with Crippen LogP contribution in [0.15, 0.2) is 24.3 Å². The Bertz CT molecular complexity index is 392. The lowest BCUT2D eigenvalue weighted by atomic mass is 10.0. The first-order valence-electron chi connectivity index (χ1n) is 8.18. The average Bonchev–Trinajstić information content (AvgIpc) is 2.48. The molecular weight excluding hydrogens is 281 g/mol. The summed E-state index contributed by atoms with van der Waals surface area (Å²) in [6.07, 6.45) is 10.3. The zero-order valence-electron chi connectivity index (χ0n) is 13.2. The molecule has 0 aliphatic rings. The molecule has 0 aromatic heterocycles. The summed E-state index contributed by atoms with van der Waals surface area (Å²) in [6.45, 7) is 3.00. The molecule has 1 aromatic rings. The quantitative estimate of drug-likeness (QED) is 0.416. The van der Waals surface area contributed by atoms with Gasteiger partial charge in [0.25, 0.3) is 0 Å². The summed E-state index contributed by atoms with van der Waals surface area (Å²) < 4.78 is 10.6. The van der Waals surface area contributed by atoms with Crippen LogP contribution in [0.1, 0.15) is 57.4 Å². The highest BCUT2D eigenvalue weighted by Crippen LogP contribution is 2.15. The van der Waals surface area contributed by atoms with E-state index in [0.717, 1.165) is 25.1 Å². The van der Waals surface area contributed by atoms with E-state index in [1.165, 1.54) is 44.1 Å². The van der Waals surface area contributed by atoms with Crippen LogP contribution in [-0.2, 0) is 11.0 Å². The number of rotatable bonds is 12. The molecule has 1 aromatic carbocycles. The van der Waals surface area contributed by atoms with Crippen molar-refractivity contribution in [3.63, 3.8) is 0 Å². The molecule has 4 heteroatoms. The summed E-state index contributed by atoms with van der Waals surface area (Å²) in [7, 11) is -1.99. The van der Waals surface area contributed by atoms with E-state index in [1.54, 1.807) is 0 Å². The van der Waals surface area contributed by atoms with Crippen molar-refractivity contribution < 1.29 is 9.46 Å². The van der Waals surface area contributed by atoms with E-state index in [0.29, 0.717) is 6.16 Å². The summed E-state index contributed by atoms with van der Waals surface area (Å²) >= 11 is 0. The van der Waals surface area contributed by atoms with E-state index in [-0.39, 0.29) is 0 Å². The molecule has 118 valence electrons. The second kappa shape index (κ2) is 11.7. The molecule has 21 heavy (non-hydrogen) atoms. The van der Waals surface area contributed by atoms with Crippen molar-refractivity contribution in [3.8, 4) is 0 Å². The normalized spacial score (nSPS) is 11.4. The maximum atomic E-state index is 10.6. The van der Waals surface area contributed by atoms with Crippen molar-refractivity contribution in [2.45, 2.75) is 58.3 Å². The third-order valence-corrected chi connectivity index (χ3v) is 4.33. The predicted molar refractivity (Wildman–Crippen MR) is 91.3 cm³/mol. The van der Waals surface area contributed by atoms with E-state index < -0.39 is 8.03 Å². The van der Waals surface area contributed by atoms with E-state index in [9.17, 15) is 4.57 Å². The molecule has 0 saturated carbocycles. The van der Waals surface area contributed by atoms with Crippen LogP contribution in [0.25, 0.3) is 0 Å². The molecule has 1 unspecified atom stereocenters. The number of nitrogens with one attached hydrogen (secondary N) is 1. The molecule has 0 saturated heterocycles. The summed E-state index contributed by atoms with van der Waals surface area (Å²) in [5, 5.41) is 3.28. The zero-order valence-corrected chi connectivity index (χ0v) is 14.1. The first-order valence-corrected chi connectivity index (χ1v) is 9.58. The molecule has 2 N–H and O–H groups in total. The van der Waals surface area contributed by atoms with Gasteiger partial charge >= 0.3 is 8.03 Å². The lowest BCUT2D eigenvalue weighted by Gasteiger charge is -2.06. The predicted octanol–water partition coefficient (Wildman–Crippen LogP) is 5.13. The van der Waals surface area contributed by atoms with E-state index >= 15 is 0 Å². The number of benzene rings is 1. The molecule has 0 spiro atoms. The highest BCUT2D eigenvalue weighted by molar-refractivity contribution is 7.37. The van der Waals surface area contributed by atoms with Gasteiger partial charge < -0.3 is 5.32 Å². The van der Waals surface area contributed by atoms with Gasteiger partial charge in [0.2, 0.25) is 0 Å². The summed E-state index contributed by atoms with van der Waals surface area (Å²) in [4.78, 5) is 8.72. The monoisotopic (exact) mass is 310 g/mol. The molecule has 0 radical (unpaired) electrons. The molecule has 1 rings (SSSR count). The Morgan fingerprint density at radius 1 is 1.00 bits per heavy atom. The van der Waals surface area contributed by atoms with Crippen LogP contribution in [0.2, 0.25) is 0 Å².